The number of benzene rings is 1. The molecule has 0 aliphatic rings. The van der Waals surface area contributed by atoms with Crippen LogP contribution >= 0.6 is 0 Å². The summed E-state index contributed by atoms with van der Waals surface area (Å²) >= 11 is 0. The SMILES string of the molecule is Cn1nc(CC(=O)C(C)(C)C)c2ccccc21. The van der Waals surface area contributed by atoms with Gasteiger partial charge in [-0.15, -0.1) is 0 Å². The molecule has 0 N–H and O–H groups in total. The van der Waals surface area contributed by atoms with Crippen LogP contribution in [0.4, 0.5) is 0 Å². The highest BCUT2D eigenvalue weighted by molar-refractivity contribution is 5.90. The minimum Gasteiger partial charge on any atom is -0.299 e. The molecule has 0 amide bonds. The zero-order valence-corrected chi connectivity index (χ0v) is 10.8. The molecule has 0 radical (unpaired) electrons. The number of para-hydroxylation sites is 1. The first-order valence-electron chi connectivity index (χ1n) is 5.83. The van der Waals surface area contributed by atoms with Crippen LogP contribution < -0.4 is 0 Å². The first-order valence-corrected chi connectivity index (χ1v) is 5.83. The third kappa shape index (κ3) is 2.23. The van der Waals surface area contributed by atoms with E-state index < -0.39 is 0 Å². The lowest BCUT2D eigenvalue weighted by molar-refractivity contribution is -0.125. The molecule has 3 heteroatoms. The normalized spacial score (nSPS) is 12.0. The molecule has 0 atom stereocenters. The van der Waals surface area contributed by atoms with Crippen molar-refractivity contribution >= 4 is 16.7 Å². The molecular formula is C14H18N2O. The van der Waals surface area contributed by atoms with Gasteiger partial charge in [-0.2, -0.15) is 5.10 Å². The lowest BCUT2D eigenvalue weighted by atomic mass is 9.88. The molecule has 17 heavy (non-hydrogen) atoms. The first-order chi connectivity index (χ1) is 7.89. The van der Waals surface area contributed by atoms with Crippen LogP contribution in [0.25, 0.3) is 10.9 Å². The van der Waals surface area contributed by atoms with Gasteiger partial charge in [-0.1, -0.05) is 39.0 Å². The molecule has 0 bridgehead atoms. The van der Waals surface area contributed by atoms with E-state index in [1.807, 2.05) is 56.8 Å². The van der Waals surface area contributed by atoms with Crippen LogP contribution in [0.5, 0.6) is 0 Å². The van der Waals surface area contributed by atoms with Gasteiger partial charge in [0, 0.05) is 17.8 Å². The number of hydrogen-bond donors (Lipinski definition) is 0. The van der Waals surface area contributed by atoms with Crippen molar-refractivity contribution in [1.82, 2.24) is 9.78 Å². The molecule has 0 fully saturated rings. The van der Waals surface area contributed by atoms with Gasteiger partial charge in [0.1, 0.15) is 5.78 Å². The van der Waals surface area contributed by atoms with Crippen molar-refractivity contribution in [3.63, 3.8) is 0 Å². The molecule has 0 unspecified atom stereocenters. The van der Waals surface area contributed by atoms with Gasteiger partial charge >= 0.3 is 0 Å². The topological polar surface area (TPSA) is 34.9 Å². The molecule has 0 aliphatic heterocycles. The molecule has 2 aromatic rings. The van der Waals surface area contributed by atoms with Crippen LogP contribution in [0, 0.1) is 5.41 Å². The average Bonchev–Trinajstić information content (AvgIpc) is 2.56. The Morgan fingerprint density at radius 2 is 1.94 bits per heavy atom. The predicted molar refractivity (Wildman–Crippen MR) is 68.9 cm³/mol. The summed E-state index contributed by atoms with van der Waals surface area (Å²) in [5, 5.41) is 5.52. The molecule has 0 aliphatic carbocycles. The van der Waals surface area contributed by atoms with Gasteiger partial charge in [-0.25, -0.2) is 0 Å². The molecule has 2 rings (SSSR count). The average molecular weight is 230 g/mol. The summed E-state index contributed by atoms with van der Waals surface area (Å²) < 4.78 is 1.83. The number of hydrogen-bond acceptors (Lipinski definition) is 2. The van der Waals surface area contributed by atoms with Crippen molar-refractivity contribution in [2.45, 2.75) is 27.2 Å². The van der Waals surface area contributed by atoms with Crippen LogP contribution in [0.1, 0.15) is 26.5 Å². The van der Waals surface area contributed by atoms with E-state index in [0.717, 1.165) is 16.6 Å². The van der Waals surface area contributed by atoms with E-state index >= 15 is 0 Å². The fraction of sp³-hybridized carbons (Fsp3) is 0.429. The van der Waals surface area contributed by atoms with Gasteiger partial charge in [-0.05, 0) is 6.07 Å². The molecule has 0 saturated carbocycles. The Balaban J connectivity index is 2.41. The fourth-order valence-electron chi connectivity index (χ4n) is 1.84. The van der Waals surface area contributed by atoms with Gasteiger partial charge in [0.2, 0.25) is 0 Å². The van der Waals surface area contributed by atoms with Gasteiger partial charge in [0.15, 0.2) is 0 Å². The molecule has 3 nitrogen and oxygen atoms in total. The Kier molecular flexibility index (Phi) is 2.77. The Bertz CT molecular complexity index is 561. The van der Waals surface area contributed by atoms with E-state index in [1.54, 1.807) is 0 Å². The van der Waals surface area contributed by atoms with Crippen molar-refractivity contribution in [3.05, 3.63) is 30.0 Å². The second-order valence-corrected chi connectivity index (χ2v) is 5.44. The third-order valence-electron chi connectivity index (χ3n) is 3.00. The van der Waals surface area contributed by atoms with Gasteiger partial charge in [-0.3, -0.25) is 9.48 Å². The molecule has 0 saturated heterocycles. The van der Waals surface area contributed by atoms with Crippen molar-refractivity contribution in [2.75, 3.05) is 0 Å². The maximum atomic E-state index is 12.0. The van der Waals surface area contributed by atoms with E-state index in [4.69, 9.17) is 0 Å². The Morgan fingerprint density at radius 1 is 1.29 bits per heavy atom. The van der Waals surface area contributed by atoms with Gasteiger partial charge in [0.25, 0.3) is 0 Å². The van der Waals surface area contributed by atoms with Crippen LogP contribution in [-0.2, 0) is 18.3 Å². The lowest BCUT2D eigenvalue weighted by Crippen LogP contribution is -2.22. The zero-order valence-electron chi connectivity index (χ0n) is 10.8. The molecule has 1 heterocycles. The summed E-state index contributed by atoms with van der Waals surface area (Å²) in [6.45, 7) is 5.83. The minimum absolute atomic E-state index is 0.223. The number of Topliss-reactive ketones (excluding diaryl/α,β-unsaturated/α-hetero) is 1. The number of rotatable bonds is 2. The van der Waals surface area contributed by atoms with Gasteiger partial charge in [0.05, 0.1) is 17.6 Å². The molecule has 90 valence electrons. The largest absolute Gasteiger partial charge is 0.299 e. The third-order valence-corrected chi connectivity index (χ3v) is 3.00. The van der Waals surface area contributed by atoms with Crippen LogP contribution in [0.2, 0.25) is 0 Å². The molecule has 0 spiro atoms. The number of ketones is 1. The van der Waals surface area contributed by atoms with E-state index in [1.165, 1.54) is 0 Å². The van der Waals surface area contributed by atoms with E-state index in [-0.39, 0.29) is 11.2 Å². The van der Waals surface area contributed by atoms with Crippen molar-refractivity contribution in [1.29, 1.82) is 0 Å². The van der Waals surface area contributed by atoms with Crippen LogP contribution in [0.15, 0.2) is 24.3 Å². The number of aryl methyl sites for hydroxylation is 1. The maximum Gasteiger partial charge on any atom is 0.144 e. The number of nitrogens with zero attached hydrogens (tertiary/aromatic N) is 2. The Morgan fingerprint density at radius 3 is 2.59 bits per heavy atom. The summed E-state index contributed by atoms with van der Waals surface area (Å²) in [7, 11) is 1.91. The fourth-order valence-corrected chi connectivity index (χ4v) is 1.84. The van der Waals surface area contributed by atoms with E-state index in [9.17, 15) is 4.79 Å². The standard InChI is InChI=1S/C14H18N2O/c1-14(2,3)13(17)9-11-10-7-5-6-8-12(10)16(4)15-11/h5-8H,9H2,1-4H3. The second kappa shape index (κ2) is 3.99. The maximum absolute atomic E-state index is 12.0. The Hall–Kier alpha value is -1.64. The highest BCUT2D eigenvalue weighted by Gasteiger charge is 2.23. The summed E-state index contributed by atoms with van der Waals surface area (Å²) in [4.78, 5) is 12.0. The highest BCUT2D eigenvalue weighted by Crippen LogP contribution is 2.22. The zero-order chi connectivity index (χ0) is 12.6. The molecular weight excluding hydrogens is 212 g/mol. The Labute approximate surface area is 101 Å². The van der Waals surface area contributed by atoms with Crippen LogP contribution in [0.3, 0.4) is 0 Å². The highest BCUT2D eigenvalue weighted by atomic mass is 16.1. The van der Waals surface area contributed by atoms with Gasteiger partial charge < -0.3 is 0 Å². The first kappa shape index (κ1) is 11.8. The number of fused-ring (bicyclic) bond motifs is 1. The number of aromatic nitrogens is 2. The van der Waals surface area contributed by atoms with E-state index in [0.29, 0.717) is 6.42 Å². The summed E-state index contributed by atoms with van der Waals surface area (Å²) in [5.74, 6) is 0.223. The lowest BCUT2D eigenvalue weighted by Gasteiger charge is -2.15. The number of carbonyl (C=O) groups is 1. The quantitative estimate of drug-likeness (QED) is 0.795. The number of carbonyl (C=O) groups excluding carboxylic acids is 1. The molecule has 1 aromatic heterocycles. The van der Waals surface area contributed by atoms with E-state index in [2.05, 4.69) is 5.10 Å². The minimum atomic E-state index is -0.307. The van der Waals surface area contributed by atoms with Crippen molar-refractivity contribution < 1.29 is 4.79 Å². The summed E-state index contributed by atoms with van der Waals surface area (Å²) in [6.07, 6.45) is 0.408. The summed E-state index contributed by atoms with van der Waals surface area (Å²) in [6, 6.07) is 8.01. The smallest absolute Gasteiger partial charge is 0.144 e. The predicted octanol–water partition coefficient (Wildman–Crippen LogP) is 2.73. The van der Waals surface area contributed by atoms with Crippen molar-refractivity contribution in [2.24, 2.45) is 12.5 Å². The summed E-state index contributed by atoms with van der Waals surface area (Å²) in [5.41, 5.74) is 1.64. The monoisotopic (exact) mass is 230 g/mol. The van der Waals surface area contributed by atoms with Crippen molar-refractivity contribution in [3.8, 4) is 0 Å². The second-order valence-electron chi connectivity index (χ2n) is 5.44. The van der Waals surface area contributed by atoms with Crippen LogP contribution in [-0.4, -0.2) is 15.6 Å². The molecule has 1 aromatic carbocycles.